The molecule has 106 valence electrons. The van der Waals surface area contributed by atoms with Gasteiger partial charge in [-0.25, -0.2) is 0 Å². The van der Waals surface area contributed by atoms with Crippen molar-refractivity contribution in [3.05, 3.63) is 65.4 Å². The number of hydrogen-bond donors (Lipinski definition) is 1. The summed E-state index contributed by atoms with van der Waals surface area (Å²) in [6.45, 7) is 2.03. The molecule has 1 N–H and O–H groups in total. The molecule has 0 spiro atoms. The van der Waals surface area contributed by atoms with E-state index >= 15 is 0 Å². The molecule has 0 unspecified atom stereocenters. The Balaban J connectivity index is 1.91. The van der Waals surface area contributed by atoms with Crippen LogP contribution in [0.3, 0.4) is 0 Å². The molecule has 3 nitrogen and oxygen atoms in total. The van der Waals surface area contributed by atoms with E-state index in [4.69, 9.17) is 4.74 Å². The fraction of sp³-hybridized carbons (Fsp3) is 0.167. The Morgan fingerprint density at radius 3 is 2.86 bits per heavy atom. The molecule has 0 aliphatic heterocycles. The Morgan fingerprint density at radius 1 is 1.19 bits per heavy atom. The van der Waals surface area contributed by atoms with Gasteiger partial charge >= 0.3 is 0 Å². The van der Waals surface area contributed by atoms with Gasteiger partial charge in [0, 0.05) is 29.1 Å². The van der Waals surface area contributed by atoms with Crippen molar-refractivity contribution in [3.8, 4) is 5.75 Å². The molecule has 3 aromatic rings. The molecule has 2 aromatic carbocycles. The number of fused-ring (bicyclic) bond motifs is 1. The normalized spacial score (nSPS) is 10.8. The molecule has 0 atom stereocenters. The lowest BCUT2D eigenvalue weighted by Crippen LogP contribution is -2.03. The molecule has 0 bridgehead atoms. The van der Waals surface area contributed by atoms with Gasteiger partial charge in [0.25, 0.3) is 0 Å². The quantitative estimate of drug-likeness (QED) is 0.736. The molecule has 0 saturated heterocycles. The van der Waals surface area contributed by atoms with Gasteiger partial charge in [-0.2, -0.15) is 0 Å². The zero-order valence-electron chi connectivity index (χ0n) is 12.1. The predicted molar refractivity (Wildman–Crippen MR) is 84.1 cm³/mol. The Bertz CT molecular complexity index is 802. The van der Waals surface area contributed by atoms with E-state index in [-0.39, 0.29) is 5.78 Å². The van der Waals surface area contributed by atoms with Crippen molar-refractivity contribution in [1.29, 1.82) is 0 Å². The Morgan fingerprint density at radius 2 is 2.05 bits per heavy atom. The van der Waals surface area contributed by atoms with Gasteiger partial charge in [-0.3, -0.25) is 4.79 Å². The Labute approximate surface area is 123 Å². The van der Waals surface area contributed by atoms with Crippen LogP contribution in [0.15, 0.2) is 48.7 Å². The summed E-state index contributed by atoms with van der Waals surface area (Å²) in [5.74, 6) is 0.884. The number of Topliss-reactive ketones (excluding diaryl/α,β-unsaturated/α-hetero) is 1. The molecular formula is C18H17NO2. The van der Waals surface area contributed by atoms with E-state index in [1.165, 1.54) is 0 Å². The number of hydrogen-bond acceptors (Lipinski definition) is 2. The van der Waals surface area contributed by atoms with Crippen molar-refractivity contribution < 1.29 is 9.53 Å². The maximum Gasteiger partial charge on any atom is 0.169 e. The van der Waals surface area contributed by atoms with Gasteiger partial charge in [0.1, 0.15) is 5.75 Å². The summed E-state index contributed by atoms with van der Waals surface area (Å²) in [6.07, 6.45) is 2.17. The lowest BCUT2D eigenvalue weighted by atomic mass is 10.0. The standard InChI is InChI=1S/C18H17NO2/c1-12-6-7-17-15(8-12)16(11-19-17)18(20)10-13-4-3-5-14(9-13)21-2/h3-9,11,19H,10H2,1-2H3. The van der Waals surface area contributed by atoms with Crippen LogP contribution >= 0.6 is 0 Å². The largest absolute Gasteiger partial charge is 0.497 e. The molecule has 0 fully saturated rings. The number of methoxy groups -OCH3 is 1. The second-order valence-corrected chi connectivity index (χ2v) is 5.20. The number of aromatic nitrogens is 1. The second kappa shape index (κ2) is 5.44. The third kappa shape index (κ3) is 2.68. The fourth-order valence-electron chi connectivity index (χ4n) is 2.53. The maximum absolute atomic E-state index is 12.5. The average molecular weight is 279 g/mol. The number of benzene rings is 2. The summed E-state index contributed by atoms with van der Waals surface area (Å²) in [6, 6.07) is 13.7. The zero-order valence-corrected chi connectivity index (χ0v) is 12.1. The minimum absolute atomic E-state index is 0.111. The number of rotatable bonds is 4. The number of carbonyl (C=O) groups is 1. The summed E-state index contributed by atoms with van der Waals surface area (Å²) >= 11 is 0. The highest BCUT2D eigenvalue weighted by Gasteiger charge is 2.13. The van der Waals surface area contributed by atoms with Crippen LogP contribution in [-0.4, -0.2) is 17.9 Å². The molecule has 0 saturated carbocycles. The van der Waals surface area contributed by atoms with Crippen LogP contribution in [0.2, 0.25) is 0 Å². The number of aromatic amines is 1. The number of ketones is 1. The molecule has 21 heavy (non-hydrogen) atoms. The highest BCUT2D eigenvalue weighted by Crippen LogP contribution is 2.22. The lowest BCUT2D eigenvalue weighted by Gasteiger charge is -2.04. The Kier molecular flexibility index (Phi) is 3.48. The zero-order chi connectivity index (χ0) is 14.8. The maximum atomic E-state index is 12.5. The van der Waals surface area contributed by atoms with E-state index in [2.05, 4.69) is 4.98 Å². The first-order valence-electron chi connectivity index (χ1n) is 6.91. The summed E-state index contributed by atoms with van der Waals surface area (Å²) in [5.41, 5.74) is 3.85. The van der Waals surface area contributed by atoms with Crippen LogP contribution in [-0.2, 0) is 6.42 Å². The van der Waals surface area contributed by atoms with Crippen molar-refractivity contribution in [2.24, 2.45) is 0 Å². The molecular weight excluding hydrogens is 262 g/mol. The molecule has 0 radical (unpaired) electrons. The minimum Gasteiger partial charge on any atom is -0.497 e. The monoisotopic (exact) mass is 279 g/mol. The summed E-state index contributed by atoms with van der Waals surface area (Å²) < 4.78 is 5.20. The average Bonchev–Trinajstić information content (AvgIpc) is 2.90. The highest BCUT2D eigenvalue weighted by molar-refractivity contribution is 6.08. The van der Waals surface area contributed by atoms with Crippen LogP contribution in [0.25, 0.3) is 10.9 Å². The fourth-order valence-corrected chi connectivity index (χ4v) is 2.53. The van der Waals surface area contributed by atoms with Gasteiger partial charge in [-0.05, 0) is 36.8 Å². The number of H-pyrrole nitrogens is 1. The van der Waals surface area contributed by atoms with E-state index in [1.54, 1.807) is 13.3 Å². The summed E-state index contributed by atoms with van der Waals surface area (Å²) in [7, 11) is 1.63. The first-order valence-corrected chi connectivity index (χ1v) is 6.91. The Hall–Kier alpha value is -2.55. The van der Waals surface area contributed by atoms with Gasteiger partial charge in [-0.1, -0.05) is 23.8 Å². The van der Waals surface area contributed by atoms with Crippen LogP contribution in [0, 0.1) is 6.92 Å². The van der Waals surface area contributed by atoms with E-state index in [0.717, 1.165) is 33.3 Å². The van der Waals surface area contributed by atoms with Gasteiger partial charge in [0.15, 0.2) is 5.78 Å². The van der Waals surface area contributed by atoms with Gasteiger partial charge in [-0.15, -0.1) is 0 Å². The van der Waals surface area contributed by atoms with Crippen molar-refractivity contribution >= 4 is 16.7 Å². The van der Waals surface area contributed by atoms with E-state index in [9.17, 15) is 4.79 Å². The minimum atomic E-state index is 0.111. The molecule has 0 aliphatic carbocycles. The third-order valence-electron chi connectivity index (χ3n) is 3.64. The first-order chi connectivity index (χ1) is 10.2. The van der Waals surface area contributed by atoms with Gasteiger partial charge < -0.3 is 9.72 Å². The van der Waals surface area contributed by atoms with Crippen molar-refractivity contribution in [2.75, 3.05) is 7.11 Å². The molecule has 0 aliphatic rings. The molecule has 3 heteroatoms. The van der Waals surface area contributed by atoms with Crippen LogP contribution < -0.4 is 4.74 Å². The lowest BCUT2D eigenvalue weighted by molar-refractivity contribution is 0.0994. The SMILES string of the molecule is COc1cccc(CC(=O)c2c[nH]c3ccc(C)cc23)c1. The summed E-state index contributed by atoms with van der Waals surface area (Å²) in [4.78, 5) is 15.7. The van der Waals surface area contributed by atoms with Crippen LogP contribution in [0.1, 0.15) is 21.5 Å². The number of aryl methyl sites for hydroxylation is 1. The van der Waals surface area contributed by atoms with Crippen molar-refractivity contribution in [3.63, 3.8) is 0 Å². The molecule has 1 heterocycles. The number of carbonyl (C=O) groups excluding carboxylic acids is 1. The number of nitrogens with one attached hydrogen (secondary N) is 1. The number of ether oxygens (including phenoxy) is 1. The third-order valence-corrected chi connectivity index (χ3v) is 3.64. The first kappa shape index (κ1) is 13.4. The van der Waals surface area contributed by atoms with E-state index in [1.807, 2.05) is 49.4 Å². The van der Waals surface area contributed by atoms with Crippen LogP contribution in [0.4, 0.5) is 0 Å². The van der Waals surface area contributed by atoms with Gasteiger partial charge in [0.2, 0.25) is 0 Å². The van der Waals surface area contributed by atoms with Crippen LogP contribution in [0.5, 0.6) is 5.75 Å². The van der Waals surface area contributed by atoms with Crippen molar-refractivity contribution in [2.45, 2.75) is 13.3 Å². The molecule has 0 amide bonds. The second-order valence-electron chi connectivity index (χ2n) is 5.20. The van der Waals surface area contributed by atoms with E-state index < -0.39 is 0 Å². The highest BCUT2D eigenvalue weighted by atomic mass is 16.5. The molecule has 3 rings (SSSR count). The topological polar surface area (TPSA) is 42.1 Å². The van der Waals surface area contributed by atoms with Gasteiger partial charge in [0.05, 0.1) is 7.11 Å². The molecule has 1 aromatic heterocycles. The van der Waals surface area contributed by atoms with Crippen molar-refractivity contribution in [1.82, 2.24) is 4.98 Å². The summed E-state index contributed by atoms with van der Waals surface area (Å²) in [5, 5.41) is 0.989. The smallest absolute Gasteiger partial charge is 0.169 e. The van der Waals surface area contributed by atoms with E-state index in [0.29, 0.717) is 6.42 Å². The predicted octanol–water partition coefficient (Wildman–Crippen LogP) is 3.91.